The van der Waals surface area contributed by atoms with E-state index in [-0.39, 0.29) is 11.8 Å². The van der Waals surface area contributed by atoms with E-state index in [1.165, 1.54) is 4.90 Å². The Labute approximate surface area is 255 Å². The van der Waals surface area contributed by atoms with Crippen LogP contribution in [0.25, 0.3) is 10.9 Å². The van der Waals surface area contributed by atoms with Crippen molar-refractivity contribution in [3.8, 4) is 5.75 Å². The molecule has 0 radical (unpaired) electrons. The number of aromatic amines is 1. The number of amides is 4. The molecule has 0 spiro atoms. The molecule has 2 fully saturated rings. The van der Waals surface area contributed by atoms with Crippen LogP contribution in [0.15, 0.2) is 72.8 Å². The van der Waals surface area contributed by atoms with Crippen molar-refractivity contribution in [1.29, 1.82) is 0 Å². The maximum absolute atomic E-state index is 14.4. The first-order valence-electron chi connectivity index (χ1n) is 15.1. The van der Waals surface area contributed by atoms with Crippen LogP contribution >= 0.6 is 0 Å². The summed E-state index contributed by atoms with van der Waals surface area (Å²) in [5.41, 5.74) is 4.27. The standard InChI is InChI=1S/C34H35N5O5/c1-43-23-9-6-8-22(20-23)31-30-26(24-10-2-4-12-27(24)36-30)21-29-33(41)39(34(42)38(29)31)28-13-5-3-11-25(28)32(40)35-14-7-15-37-16-18-44-19-17-37/h2-6,8-13,20,29,31,36H,7,14-19,21H2,1H3,(H,35,40)/t29-,31+/m0/s1. The molecule has 44 heavy (non-hydrogen) atoms. The van der Waals surface area contributed by atoms with Crippen LogP contribution in [0.3, 0.4) is 0 Å². The summed E-state index contributed by atoms with van der Waals surface area (Å²) in [5, 5.41) is 4.03. The van der Waals surface area contributed by atoms with Crippen molar-refractivity contribution in [2.75, 3.05) is 51.4 Å². The molecule has 3 aliphatic heterocycles. The van der Waals surface area contributed by atoms with E-state index in [9.17, 15) is 14.4 Å². The maximum atomic E-state index is 14.4. The minimum atomic E-state index is -0.727. The summed E-state index contributed by atoms with van der Waals surface area (Å²) in [4.78, 5) is 50.7. The molecule has 3 aliphatic rings. The summed E-state index contributed by atoms with van der Waals surface area (Å²) < 4.78 is 10.9. The second kappa shape index (κ2) is 11.8. The minimum absolute atomic E-state index is 0.292. The van der Waals surface area contributed by atoms with Crippen LogP contribution in [0.5, 0.6) is 5.75 Å². The topological polar surface area (TPSA) is 107 Å². The van der Waals surface area contributed by atoms with Gasteiger partial charge in [0.05, 0.1) is 31.6 Å². The van der Waals surface area contributed by atoms with Crippen LogP contribution < -0.4 is 15.0 Å². The number of carbonyl (C=O) groups is 3. The number of methoxy groups -OCH3 is 1. The highest BCUT2D eigenvalue weighted by atomic mass is 16.5. The van der Waals surface area contributed by atoms with E-state index in [4.69, 9.17) is 9.47 Å². The molecular formula is C34H35N5O5. The predicted molar refractivity (Wildman–Crippen MR) is 166 cm³/mol. The zero-order chi connectivity index (χ0) is 30.2. The predicted octanol–water partition coefficient (Wildman–Crippen LogP) is 4.11. The quantitative estimate of drug-likeness (QED) is 0.235. The van der Waals surface area contributed by atoms with Gasteiger partial charge in [0.1, 0.15) is 17.8 Å². The highest BCUT2D eigenvalue weighted by Crippen LogP contribution is 2.45. The molecule has 10 nitrogen and oxygen atoms in total. The normalized spacial score (nSPS) is 20.1. The van der Waals surface area contributed by atoms with Crippen molar-refractivity contribution < 1.29 is 23.9 Å². The third-order valence-corrected chi connectivity index (χ3v) is 8.89. The molecule has 4 aromatic rings. The fourth-order valence-corrected chi connectivity index (χ4v) is 6.74. The lowest BCUT2D eigenvalue weighted by Crippen LogP contribution is -2.44. The first-order valence-corrected chi connectivity index (χ1v) is 15.1. The molecule has 4 amide bonds. The van der Waals surface area contributed by atoms with Gasteiger partial charge in [-0.2, -0.15) is 0 Å². The van der Waals surface area contributed by atoms with Crippen LogP contribution in [0.1, 0.15) is 39.6 Å². The average Bonchev–Trinajstić information content (AvgIpc) is 3.56. The van der Waals surface area contributed by atoms with Crippen molar-refractivity contribution in [3.63, 3.8) is 0 Å². The van der Waals surface area contributed by atoms with E-state index in [2.05, 4.69) is 15.2 Å². The number of para-hydroxylation sites is 2. The maximum Gasteiger partial charge on any atom is 0.332 e. The summed E-state index contributed by atoms with van der Waals surface area (Å²) in [7, 11) is 1.61. The molecule has 2 atom stereocenters. The Hall–Kier alpha value is -4.67. The van der Waals surface area contributed by atoms with Gasteiger partial charge in [-0.05, 0) is 54.4 Å². The molecule has 3 aromatic carbocycles. The van der Waals surface area contributed by atoms with Gasteiger partial charge in [0.2, 0.25) is 0 Å². The number of rotatable bonds is 8. The van der Waals surface area contributed by atoms with Crippen LogP contribution in [-0.4, -0.2) is 85.2 Å². The third kappa shape index (κ3) is 4.89. The van der Waals surface area contributed by atoms with Crippen molar-refractivity contribution in [2.24, 2.45) is 0 Å². The number of hydrogen-bond acceptors (Lipinski definition) is 6. The number of benzene rings is 3. The number of nitrogens with zero attached hydrogens (tertiary/aromatic N) is 3. The molecule has 1 aromatic heterocycles. The van der Waals surface area contributed by atoms with Gasteiger partial charge in [-0.25, -0.2) is 9.69 Å². The minimum Gasteiger partial charge on any atom is -0.497 e. The number of aromatic nitrogens is 1. The Kier molecular flexibility index (Phi) is 7.53. The van der Waals surface area contributed by atoms with E-state index in [0.717, 1.165) is 67.0 Å². The summed E-state index contributed by atoms with van der Waals surface area (Å²) in [6.07, 6.45) is 1.16. The number of hydrogen-bond donors (Lipinski definition) is 2. The molecule has 4 heterocycles. The molecule has 0 saturated carbocycles. The van der Waals surface area contributed by atoms with Crippen LogP contribution in [-0.2, 0) is 16.0 Å². The van der Waals surface area contributed by atoms with E-state index in [1.807, 2.05) is 48.5 Å². The first-order chi connectivity index (χ1) is 21.5. The molecule has 0 aliphatic carbocycles. The Morgan fingerprint density at radius 1 is 1.02 bits per heavy atom. The lowest BCUT2D eigenvalue weighted by atomic mass is 9.89. The van der Waals surface area contributed by atoms with Gasteiger partial charge in [0.15, 0.2) is 0 Å². The molecule has 226 valence electrons. The molecule has 0 bridgehead atoms. The smallest absolute Gasteiger partial charge is 0.332 e. The van der Waals surface area contributed by atoms with E-state index in [0.29, 0.717) is 30.0 Å². The van der Waals surface area contributed by atoms with Crippen molar-refractivity contribution >= 4 is 34.4 Å². The Balaban J connectivity index is 1.20. The fraction of sp³-hybridized carbons (Fsp3) is 0.324. The van der Waals surface area contributed by atoms with Crippen molar-refractivity contribution in [3.05, 3.63) is 95.2 Å². The third-order valence-electron chi connectivity index (χ3n) is 8.89. The Morgan fingerprint density at radius 2 is 1.82 bits per heavy atom. The van der Waals surface area contributed by atoms with Crippen LogP contribution in [0.4, 0.5) is 10.5 Å². The number of morpholine rings is 1. The summed E-state index contributed by atoms with van der Waals surface area (Å²) >= 11 is 0. The van der Waals surface area contributed by atoms with Crippen molar-refractivity contribution in [2.45, 2.75) is 24.9 Å². The molecule has 2 saturated heterocycles. The van der Waals surface area contributed by atoms with Gasteiger partial charge in [-0.15, -0.1) is 0 Å². The number of fused-ring (bicyclic) bond motifs is 4. The SMILES string of the molecule is COc1cccc([C@@H]2c3[nH]c4ccccc4c3C[C@H]3C(=O)N(c4ccccc4C(=O)NCCCN4CCOCC4)C(=O)N23)c1. The second-order valence-corrected chi connectivity index (χ2v) is 11.4. The van der Waals surface area contributed by atoms with E-state index in [1.54, 1.807) is 36.3 Å². The number of anilines is 1. The molecule has 10 heteroatoms. The highest BCUT2D eigenvalue weighted by molar-refractivity contribution is 6.24. The number of urea groups is 1. The number of H-pyrrole nitrogens is 1. The lowest BCUT2D eigenvalue weighted by Gasteiger charge is -2.36. The highest BCUT2D eigenvalue weighted by Gasteiger charge is 2.53. The summed E-state index contributed by atoms with van der Waals surface area (Å²) in [6.45, 7) is 4.60. The van der Waals surface area contributed by atoms with Crippen LogP contribution in [0, 0.1) is 0 Å². The second-order valence-electron chi connectivity index (χ2n) is 11.4. The zero-order valence-corrected chi connectivity index (χ0v) is 24.6. The zero-order valence-electron chi connectivity index (χ0n) is 24.6. The Bertz CT molecular complexity index is 1730. The average molecular weight is 594 g/mol. The van der Waals surface area contributed by atoms with Gasteiger partial charge in [0.25, 0.3) is 11.8 Å². The van der Waals surface area contributed by atoms with Gasteiger partial charge < -0.3 is 19.8 Å². The summed E-state index contributed by atoms with van der Waals surface area (Å²) in [5.74, 6) is 0.00718. The Morgan fingerprint density at radius 3 is 2.66 bits per heavy atom. The fourth-order valence-electron chi connectivity index (χ4n) is 6.74. The lowest BCUT2D eigenvalue weighted by molar-refractivity contribution is -0.120. The van der Waals surface area contributed by atoms with Crippen molar-refractivity contribution in [1.82, 2.24) is 20.1 Å². The number of carbonyl (C=O) groups excluding carboxylic acids is 3. The molecule has 7 rings (SSSR count). The number of imide groups is 1. The molecule has 0 unspecified atom stereocenters. The summed E-state index contributed by atoms with van der Waals surface area (Å²) in [6, 6.07) is 20.7. The van der Waals surface area contributed by atoms with Gasteiger partial charge in [0, 0.05) is 42.7 Å². The number of ether oxygens (including phenoxy) is 2. The van der Waals surface area contributed by atoms with E-state index < -0.39 is 18.1 Å². The van der Waals surface area contributed by atoms with E-state index >= 15 is 0 Å². The molecular weight excluding hydrogens is 558 g/mol. The molecule has 2 N–H and O–H groups in total. The number of nitrogens with one attached hydrogen (secondary N) is 2. The van der Waals surface area contributed by atoms with Gasteiger partial charge >= 0.3 is 6.03 Å². The first kappa shape index (κ1) is 28.1. The van der Waals surface area contributed by atoms with Gasteiger partial charge in [-0.1, -0.05) is 42.5 Å². The van der Waals surface area contributed by atoms with Crippen LogP contribution in [0.2, 0.25) is 0 Å². The monoisotopic (exact) mass is 593 g/mol. The van der Waals surface area contributed by atoms with Gasteiger partial charge in [-0.3, -0.25) is 19.4 Å². The largest absolute Gasteiger partial charge is 0.497 e.